The van der Waals surface area contributed by atoms with Crippen LogP contribution in [0.1, 0.15) is 18.9 Å². The average Bonchev–Trinajstić information content (AvgIpc) is 2.76. The molecular weight excluding hydrogens is 299 g/mol. The molecule has 2 aromatic rings. The summed E-state index contributed by atoms with van der Waals surface area (Å²) in [5, 5.41) is 3.91. The van der Waals surface area contributed by atoms with Crippen LogP contribution in [0.15, 0.2) is 18.2 Å². The van der Waals surface area contributed by atoms with Crippen molar-refractivity contribution >= 4 is 26.7 Å². The summed E-state index contributed by atoms with van der Waals surface area (Å²) in [6.07, 6.45) is -3.39. The third-order valence-corrected chi connectivity index (χ3v) is 4.06. The molecule has 1 aromatic carbocycles. The largest absolute Gasteiger partial charge is 0.416 e. The Bertz CT molecular complexity index is 607. The van der Waals surface area contributed by atoms with Gasteiger partial charge in [0.15, 0.2) is 5.13 Å². The van der Waals surface area contributed by atoms with E-state index in [2.05, 4.69) is 15.2 Å². The molecule has 1 heterocycles. The normalized spacial score (nSPS) is 13.9. The van der Waals surface area contributed by atoms with Gasteiger partial charge in [0.1, 0.15) is 0 Å². The van der Waals surface area contributed by atoms with E-state index in [9.17, 15) is 13.2 Å². The van der Waals surface area contributed by atoms with E-state index in [-0.39, 0.29) is 6.04 Å². The highest BCUT2D eigenvalue weighted by molar-refractivity contribution is 7.22. The maximum atomic E-state index is 12.7. The van der Waals surface area contributed by atoms with Crippen LogP contribution in [0.25, 0.3) is 10.2 Å². The number of hydrogen-bond donors (Lipinski definition) is 1. The highest BCUT2D eigenvalue weighted by Crippen LogP contribution is 2.34. The van der Waals surface area contributed by atoms with E-state index in [0.717, 1.165) is 29.8 Å². The molecule has 0 aliphatic rings. The summed E-state index contributed by atoms with van der Waals surface area (Å²) in [5.74, 6) is 0. The summed E-state index contributed by atoms with van der Waals surface area (Å²) < 4.78 is 38.7. The highest BCUT2D eigenvalue weighted by Gasteiger charge is 2.30. The number of rotatable bonds is 5. The number of nitrogens with zero attached hydrogens (tertiary/aromatic N) is 2. The zero-order chi connectivity index (χ0) is 15.6. The molecule has 0 amide bonds. The van der Waals surface area contributed by atoms with Gasteiger partial charge in [-0.15, -0.1) is 0 Å². The molecule has 1 atom stereocenters. The summed E-state index contributed by atoms with van der Waals surface area (Å²) in [4.78, 5) is 6.34. The van der Waals surface area contributed by atoms with Crippen molar-refractivity contribution in [3.05, 3.63) is 23.8 Å². The van der Waals surface area contributed by atoms with Gasteiger partial charge in [-0.1, -0.05) is 11.3 Å². The van der Waals surface area contributed by atoms with E-state index >= 15 is 0 Å². The number of benzene rings is 1. The molecule has 1 aromatic heterocycles. The van der Waals surface area contributed by atoms with Crippen LogP contribution >= 0.6 is 11.3 Å². The van der Waals surface area contributed by atoms with Crippen molar-refractivity contribution in [2.45, 2.75) is 25.6 Å². The lowest BCUT2D eigenvalue weighted by Crippen LogP contribution is -2.22. The molecule has 7 heteroatoms. The van der Waals surface area contributed by atoms with E-state index in [1.807, 2.05) is 21.0 Å². The van der Waals surface area contributed by atoms with Gasteiger partial charge in [-0.25, -0.2) is 4.98 Å². The summed E-state index contributed by atoms with van der Waals surface area (Å²) >= 11 is 1.38. The Morgan fingerprint density at radius 1 is 1.33 bits per heavy atom. The second-order valence-corrected chi connectivity index (χ2v) is 6.37. The van der Waals surface area contributed by atoms with E-state index in [4.69, 9.17) is 0 Å². The van der Waals surface area contributed by atoms with E-state index in [1.165, 1.54) is 17.4 Å². The van der Waals surface area contributed by atoms with Crippen molar-refractivity contribution in [1.29, 1.82) is 0 Å². The Balaban J connectivity index is 2.12. The number of fused-ring (bicyclic) bond motifs is 1. The molecule has 21 heavy (non-hydrogen) atoms. The molecule has 0 aliphatic carbocycles. The van der Waals surface area contributed by atoms with Crippen LogP contribution in [0.3, 0.4) is 0 Å². The lowest BCUT2D eigenvalue weighted by Gasteiger charge is -2.15. The zero-order valence-corrected chi connectivity index (χ0v) is 13.0. The maximum absolute atomic E-state index is 12.7. The average molecular weight is 317 g/mol. The van der Waals surface area contributed by atoms with E-state index in [0.29, 0.717) is 10.6 Å². The quantitative estimate of drug-likeness (QED) is 0.901. The van der Waals surface area contributed by atoms with Gasteiger partial charge in [0.05, 0.1) is 15.8 Å². The van der Waals surface area contributed by atoms with Crippen molar-refractivity contribution < 1.29 is 13.2 Å². The lowest BCUT2D eigenvalue weighted by molar-refractivity contribution is -0.137. The fourth-order valence-corrected chi connectivity index (χ4v) is 2.86. The van der Waals surface area contributed by atoms with Crippen molar-refractivity contribution in [1.82, 2.24) is 9.88 Å². The second kappa shape index (κ2) is 6.19. The SMILES string of the molecule is CC(CCN(C)C)Nc1nc2cc(C(F)(F)F)ccc2s1. The van der Waals surface area contributed by atoms with Gasteiger partial charge in [0.25, 0.3) is 0 Å². The number of nitrogens with one attached hydrogen (secondary N) is 1. The minimum atomic E-state index is -4.33. The minimum Gasteiger partial charge on any atom is -0.359 e. The van der Waals surface area contributed by atoms with Crippen LogP contribution in [0.5, 0.6) is 0 Å². The van der Waals surface area contributed by atoms with Gasteiger partial charge >= 0.3 is 6.18 Å². The third-order valence-electron chi connectivity index (χ3n) is 3.09. The summed E-state index contributed by atoms with van der Waals surface area (Å²) in [5.41, 5.74) is -0.273. The van der Waals surface area contributed by atoms with Crippen molar-refractivity contribution in [2.75, 3.05) is 26.0 Å². The minimum absolute atomic E-state index is 0.218. The Morgan fingerprint density at radius 2 is 2.05 bits per heavy atom. The number of alkyl halides is 3. The molecule has 116 valence electrons. The molecule has 0 radical (unpaired) electrons. The highest BCUT2D eigenvalue weighted by atomic mass is 32.1. The molecule has 0 fully saturated rings. The first-order valence-corrected chi connectivity index (χ1v) is 7.46. The first kappa shape index (κ1) is 16.0. The smallest absolute Gasteiger partial charge is 0.359 e. The molecule has 2 rings (SSSR count). The maximum Gasteiger partial charge on any atom is 0.416 e. The van der Waals surface area contributed by atoms with Crippen molar-refractivity contribution in [3.8, 4) is 0 Å². The number of hydrogen-bond acceptors (Lipinski definition) is 4. The van der Waals surface area contributed by atoms with Gasteiger partial charge in [-0.2, -0.15) is 13.2 Å². The molecule has 0 saturated carbocycles. The fourth-order valence-electron chi connectivity index (χ4n) is 1.90. The Hall–Kier alpha value is -1.34. The van der Waals surface area contributed by atoms with Crippen LogP contribution in [-0.4, -0.2) is 36.6 Å². The summed E-state index contributed by atoms with van der Waals surface area (Å²) in [6.45, 7) is 2.98. The van der Waals surface area contributed by atoms with Crippen LogP contribution < -0.4 is 5.32 Å². The van der Waals surface area contributed by atoms with Crippen LogP contribution in [0.2, 0.25) is 0 Å². The zero-order valence-electron chi connectivity index (χ0n) is 12.2. The fraction of sp³-hybridized carbons (Fsp3) is 0.500. The van der Waals surface area contributed by atoms with Crippen molar-refractivity contribution in [3.63, 3.8) is 0 Å². The first-order valence-electron chi connectivity index (χ1n) is 6.65. The molecule has 0 bridgehead atoms. The first-order chi connectivity index (χ1) is 9.75. The monoisotopic (exact) mass is 317 g/mol. The standard InChI is InChI=1S/C14H18F3N3S/c1-9(6-7-20(2)3)18-13-19-11-8-10(14(15,16)17)4-5-12(11)21-13/h4-5,8-9H,6-7H2,1-3H3,(H,18,19). The number of anilines is 1. The van der Waals surface area contributed by atoms with Gasteiger partial charge < -0.3 is 10.2 Å². The summed E-state index contributed by atoms with van der Waals surface area (Å²) in [7, 11) is 4.01. The Labute approximate surface area is 125 Å². The lowest BCUT2D eigenvalue weighted by atomic mass is 10.2. The number of aromatic nitrogens is 1. The van der Waals surface area contributed by atoms with Gasteiger partial charge in [-0.05, 0) is 52.2 Å². The van der Waals surface area contributed by atoms with Gasteiger partial charge in [0.2, 0.25) is 0 Å². The third kappa shape index (κ3) is 4.31. The van der Waals surface area contributed by atoms with Gasteiger partial charge in [-0.3, -0.25) is 0 Å². The van der Waals surface area contributed by atoms with E-state index in [1.54, 1.807) is 0 Å². The topological polar surface area (TPSA) is 28.2 Å². The van der Waals surface area contributed by atoms with Crippen molar-refractivity contribution in [2.24, 2.45) is 0 Å². The predicted octanol–water partition coefficient (Wildman–Crippen LogP) is 4.07. The van der Waals surface area contributed by atoms with Gasteiger partial charge in [0, 0.05) is 6.04 Å². The van der Waals surface area contributed by atoms with E-state index < -0.39 is 11.7 Å². The Kier molecular flexibility index (Phi) is 4.73. The molecular formula is C14H18F3N3S. The molecule has 1 unspecified atom stereocenters. The Morgan fingerprint density at radius 3 is 2.67 bits per heavy atom. The number of halogens is 3. The molecule has 0 saturated heterocycles. The molecule has 0 spiro atoms. The number of thiazole rings is 1. The van der Waals surface area contributed by atoms with Crippen LogP contribution in [0.4, 0.5) is 18.3 Å². The molecule has 1 N–H and O–H groups in total. The predicted molar refractivity (Wildman–Crippen MR) is 80.9 cm³/mol. The van der Waals surface area contributed by atoms with Crippen LogP contribution in [-0.2, 0) is 6.18 Å². The molecule has 3 nitrogen and oxygen atoms in total. The summed E-state index contributed by atoms with van der Waals surface area (Å²) in [6, 6.07) is 3.89. The molecule has 0 aliphatic heterocycles. The van der Waals surface area contributed by atoms with Crippen LogP contribution in [0, 0.1) is 0 Å². The second-order valence-electron chi connectivity index (χ2n) is 5.34.